The minimum Gasteiger partial charge on any atom is -0.463 e. The number of hydrogen-bond donors (Lipinski definition) is 1. The molecule has 0 aliphatic carbocycles. The maximum Gasteiger partial charge on any atom is 0.387 e. The van der Waals surface area contributed by atoms with Crippen molar-refractivity contribution in [3.05, 3.63) is 46.4 Å². The lowest BCUT2D eigenvalue weighted by Gasteiger charge is -2.29. The molecule has 138 valence electrons. The largest absolute Gasteiger partial charge is 0.463 e. The van der Waals surface area contributed by atoms with Crippen molar-refractivity contribution < 1.29 is 23.0 Å². The number of carbonyl (C=O) groups is 1. The van der Waals surface area contributed by atoms with Crippen LogP contribution in [0, 0.1) is 0 Å². The standard InChI is InChI=1S/C16H15ClF2N4O3/c1-3-25-14(24)12-8(2)22-16-20-7-21-23(16)13(12)10-6-9(17)4-5-11(10)26-15(18)19/h4-7,13,15H,3H2,1-2H3,(H,20,21,22). The lowest BCUT2D eigenvalue weighted by atomic mass is 9.95. The highest BCUT2D eigenvalue weighted by molar-refractivity contribution is 6.30. The first kappa shape index (κ1) is 18.1. The van der Waals surface area contributed by atoms with Gasteiger partial charge in [-0.1, -0.05) is 11.6 Å². The first-order valence-electron chi connectivity index (χ1n) is 7.71. The average molecular weight is 385 g/mol. The van der Waals surface area contributed by atoms with Gasteiger partial charge in [-0.05, 0) is 32.0 Å². The molecule has 1 N–H and O–H groups in total. The molecule has 1 aromatic heterocycles. The number of nitrogens with one attached hydrogen (secondary N) is 1. The van der Waals surface area contributed by atoms with E-state index in [0.717, 1.165) is 0 Å². The van der Waals surface area contributed by atoms with Crippen LogP contribution in [0.3, 0.4) is 0 Å². The number of halogens is 3. The summed E-state index contributed by atoms with van der Waals surface area (Å²) in [4.78, 5) is 16.6. The highest BCUT2D eigenvalue weighted by atomic mass is 35.5. The summed E-state index contributed by atoms with van der Waals surface area (Å²) in [5.74, 6) is -0.373. The number of fused-ring (bicyclic) bond motifs is 1. The third-order valence-electron chi connectivity index (χ3n) is 3.77. The predicted molar refractivity (Wildman–Crippen MR) is 89.2 cm³/mol. The number of ether oxygens (including phenoxy) is 2. The third-order valence-corrected chi connectivity index (χ3v) is 4.01. The van der Waals surface area contributed by atoms with E-state index in [1.165, 1.54) is 29.2 Å². The number of hydrogen-bond acceptors (Lipinski definition) is 6. The van der Waals surface area contributed by atoms with Gasteiger partial charge in [0.15, 0.2) is 0 Å². The fraction of sp³-hybridized carbons (Fsp3) is 0.312. The number of allylic oxidation sites excluding steroid dienone is 1. The molecule has 1 aliphatic rings. The number of nitrogens with zero attached hydrogens (tertiary/aromatic N) is 3. The molecule has 1 aliphatic heterocycles. The number of alkyl halides is 2. The van der Waals surface area contributed by atoms with Gasteiger partial charge in [0.25, 0.3) is 0 Å². The van der Waals surface area contributed by atoms with Crippen LogP contribution in [0.4, 0.5) is 14.7 Å². The maximum atomic E-state index is 12.9. The van der Waals surface area contributed by atoms with E-state index >= 15 is 0 Å². The molecule has 1 unspecified atom stereocenters. The number of anilines is 1. The van der Waals surface area contributed by atoms with E-state index in [4.69, 9.17) is 16.3 Å². The van der Waals surface area contributed by atoms with Gasteiger partial charge in [-0.3, -0.25) is 0 Å². The summed E-state index contributed by atoms with van der Waals surface area (Å²) in [6, 6.07) is 3.31. The van der Waals surface area contributed by atoms with Crippen molar-refractivity contribution in [3.63, 3.8) is 0 Å². The molecule has 26 heavy (non-hydrogen) atoms. The summed E-state index contributed by atoms with van der Waals surface area (Å²) >= 11 is 6.06. The van der Waals surface area contributed by atoms with Gasteiger partial charge in [-0.25, -0.2) is 9.48 Å². The van der Waals surface area contributed by atoms with Crippen LogP contribution in [-0.2, 0) is 9.53 Å². The lowest BCUT2D eigenvalue weighted by molar-refractivity contribution is -0.139. The Hall–Kier alpha value is -2.68. The molecular weight excluding hydrogens is 370 g/mol. The number of rotatable bonds is 5. The Kier molecular flexibility index (Phi) is 5.08. The molecule has 2 heterocycles. The molecule has 0 saturated carbocycles. The van der Waals surface area contributed by atoms with Gasteiger partial charge >= 0.3 is 12.6 Å². The molecule has 0 spiro atoms. The predicted octanol–water partition coefficient (Wildman–Crippen LogP) is 3.38. The Morgan fingerprint density at radius 1 is 1.46 bits per heavy atom. The zero-order valence-corrected chi connectivity index (χ0v) is 14.6. The van der Waals surface area contributed by atoms with Gasteiger partial charge in [0.05, 0.1) is 12.2 Å². The van der Waals surface area contributed by atoms with Crippen molar-refractivity contribution in [1.29, 1.82) is 0 Å². The van der Waals surface area contributed by atoms with Gasteiger partial charge < -0.3 is 14.8 Å². The molecule has 1 atom stereocenters. The normalized spacial score (nSPS) is 16.3. The Balaban J connectivity index is 2.20. The number of benzene rings is 1. The minimum atomic E-state index is -3.04. The Morgan fingerprint density at radius 3 is 2.92 bits per heavy atom. The number of esters is 1. The molecule has 3 rings (SSSR count). The average Bonchev–Trinajstić information content (AvgIpc) is 3.03. The van der Waals surface area contributed by atoms with Crippen molar-refractivity contribution in [3.8, 4) is 5.75 Å². The van der Waals surface area contributed by atoms with Gasteiger partial charge in [0, 0.05) is 16.3 Å². The monoisotopic (exact) mass is 384 g/mol. The second kappa shape index (κ2) is 7.28. The van der Waals surface area contributed by atoms with Crippen molar-refractivity contribution >= 4 is 23.5 Å². The van der Waals surface area contributed by atoms with E-state index < -0.39 is 18.6 Å². The van der Waals surface area contributed by atoms with Crippen molar-refractivity contribution in [2.24, 2.45) is 0 Å². The summed E-state index contributed by atoms with van der Waals surface area (Å²) in [7, 11) is 0. The van der Waals surface area contributed by atoms with E-state index in [-0.39, 0.29) is 23.5 Å². The van der Waals surface area contributed by atoms with Crippen LogP contribution in [-0.4, -0.2) is 34.0 Å². The van der Waals surface area contributed by atoms with Gasteiger partial charge in [0.1, 0.15) is 18.1 Å². The Labute approximate surface area is 152 Å². The quantitative estimate of drug-likeness (QED) is 0.796. The smallest absolute Gasteiger partial charge is 0.387 e. The number of carbonyl (C=O) groups excluding carboxylic acids is 1. The second-order valence-corrected chi connectivity index (χ2v) is 5.81. The molecule has 0 radical (unpaired) electrons. The summed E-state index contributed by atoms with van der Waals surface area (Å²) in [6.07, 6.45) is 1.29. The minimum absolute atomic E-state index is 0.118. The van der Waals surface area contributed by atoms with Crippen LogP contribution in [0.25, 0.3) is 0 Å². The Morgan fingerprint density at radius 2 is 2.23 bits per heavy atom. The molecule has 0 bridgehead atoms. The fourth-order valence-corrected chi connectivity index (χ4v) is 2.97. The van der Waals surface area contributed by atoms with E-state index in [1.54, 1.807) is 13.8 Å². The van der Waals surface area contributed by atoms with Gasteiger partial charge in [0.2, 0.25) is 5.95 Å². The molecule has 0 fully saturated rings. The molecule has 2 aromatic rings. The number of aromatic nitrogens is 3. The highest BCUT2D eigenvalue weighted by Gasteiger charge is 2.36. The first-order chi connectivity index (χ1) is 12.4. The van der Waals surface area contributed by atoms with E-state index in [9.17, 15) is 13.6 Å². The van der Waals surface area contributed by atoms with Gasteiger partial charge in [-0.15, -0.1) is 0 Å². The molecular formula is C16H15ClF2N4O3. The molecule has 10 heteroatoms. The third kappa shape index (κ3) is 3.34. The van der Waals surface area contributed by atoms with E-state index in [0.29, 0.717) is 16.7 Å². The molecule has 1 aromatic carbocycles. The zero-order valence-electron chi connectivity index (χ0n) is 13.9. The summed E-state index contributed by atoms with van der Waals surface area (Å²) < 4.78 is 36.8. The fourth-order valence-electron chi connectivity index (χ4n) is 2.79. The van der Waals surface area contributed by atoms with E-state index in [2.05, 4.69) is 20.1 Å². The van der Waals surface area contributed by atoms with Gasteiger partial charge in [-0.2, -0.15) is 18.9 Å². The molecule has 0 saturated heterocycles. The molecule has 7 nitrogen and oxygen atoms in total. The van der Waals surface area contributed by atoms with E-state index in [1.807, 2.05) is 0 Å². The summed E-state index contributed by atoms with van der Waals surface area (Å²) in [5, 5.41) is 7.35. The Bertz CT molecular complexity index is 869. The van der Waals surface area contributed by atoms with Crippen LogP contribution < -0.4 is 10.1 Å². The molecule has 0 amide bonds. The van der Waals surface area contributed by atoms with Crippen molar-refractivity contribution in [1.82, 2.24) is 14.8 Å². The van der Waals surface area contributed by atoms with Crippen LogP contribution in [0.5, 0.6) is 5.75 Å². The topological polar surface area (TPSA) is 78.3 Å². The maximum absolute atomic E-state index is 12.9. The van der Waals surface area contributed by atoms with Crippen molar-refractivity contribution in [2.45, 2.75) is 26.5 Å². The second-order valence-electron chi connectivity index (χ2n) is 5.38. The highest BCUT2D eigenvalue weighted by Crippen LogP contribution is 2.40. The first-order valence-corrected chi connectivity index (χ1v) is 8.08. The summed E-state index contributed by atoms with van der Waals surface area (Å²) in [6.45, 7) is 0.450. The zero-order chi connectivity index (χ0) is 18.8. The van der Waals surface area contributed by atoms with Crippen LogP contribution >= 0.6 is 11.6 Å². The SMILES string of the molecule is CCOC(=O)C1=C(C)Nc2ncnn2C1c1cc(Cl)ccc1OC(F)F. The lowest BCUT2D eigenvalue weighted by Crippen LogP contribution is -2.30. The summed E-state index contributed by atoms with van der Waals surface area (Å²) in [5.41, 5.74) is 0.914. The van der Waals surface area contributed by atoms with Crippen LogP contribution in [0.2, 0.25) is 5.02 Å². The van der Waals surface area contributed by atoms with Crippen LogP contribution in [0.1, 0.15) is 25.5 Å². The van der Waals surface area contributed by atoms with Crippen LogP contribution in [0.15, 0.2) is 35.8 Å². The van der Waals surface area contributed by atoms with Crippen molar-refractivity contribution in [2.75, 3.05) is 11.9 Å².